The van der Waals surface area contributed by atoms with Crippen LogP contribution in [-0.4, -0.2) is 53.7 Å². The fourth-order valence-electron chi connectivity index (χ4n) is 4.16. The number of aliphatic carboxylic acids is 1. The Morgan fingerprint density at radius 3 is 2.60 bits per heavy atom. The van der Waals surface area contributed by atoms with Crippen LogP contribution in [0, 0.1) is 0 Å². The van der Waals surface area contributed by atoms with Gasteiger partial charge >= 0.3 is 17.8 Å². The maximum atomic E-state index is 13.3. The number of hydrogen-bond acceptors (Lipinski definition) is 7. The van der Waals surface area contributed by atoms with E-state index in [0.717, 1.165) is 22.1 Å². The molecular weight excluding hydrogens is 474 g/mol. The minimum atomic E-state index is -1.71. The maximum Gasteiger partial charge on any atom is 0.394 e. The number of amides is 2. The van der Waals surface area contributed by atoms with Gasteiger partial charge in [0, 0.05) is 11.4 Å². The summed E-state index contributed by atoms with van der Waals surface area (Å²) in [4.78, 5) is 48.4. The van der Waals surface area contributed by atoms with Crippen LogP contribution in [-0.2, 0) is 16.0 Å². The van der Waals surface area contributed by atoms with Crippen LogP contribution in [0.4, 0.5) is 5.00 Å². The van der Waals surface area contributed by atoms with Crippen LogP contribution >= 0.6 is 11.3 Å². The number of carbonyl (C=O) groups excluding carboxylic acids is 2. The van der Waals surface area contributed by atoms with E-state index < -0.39 is 23.9 Å². The first-order valence-electron chi connectivity index (χ1n) is 10.9. The van der Waals surface area contributed by atoms with Gasteiger partial charge < -0.3 is 30.9 Å². The quantitative estimate of drug-likeness (QED) is 0.312. The van der Waals surface area contributed by atoms with Crippen LogP contribution in [0.25, 0.3) is 10.8 Å². The van der Waals surface area contributed by atoms with Crippen molar-refractivity contribution >= 4 is 50.9 Å². The molecule has 0 saturated carbocycles. The number of carboxylic acids is 2. The fraction of sp³-hybridized carbons (Fsp3) is 0.250. The van der Waals surface area contributed by atoms with Gasteiger partial charge in [-0.15, -0.1) is 11.3 Å². The predicted molar refractivity (Wildman–Crippen MR) is 129 cm³/mol. The van der Waals surface area contributed by atoms with Crippen molar-refractivity contribution in [2.24, 2.45) is 0 Å². The lowest BCUT2D eigenvalue weighted by molar-refractivity contribution is -0.147. The van der Waals surface area contributed by atoms with E-state index in [0.29, 0.717) is 41.3 Å². The number of anilines is 1. The topological polar surface area (TPSA) is 154 Å². The van der Waals surface area contributed by atoms with Crippen molar-refractivity contribution in [3.63, 3.8) is 0 Å². The highest BCUT2D eigenvalue weighted by molar-refractivity contribution is 7.17. The number of carboxylic acid groups (broad SMARTS) is 2. The lowest BCUT2D eigenvalue weighted by Gasteiger charge is -2.25. The molecule has 0 bridgehead atoms. The van der Waals surface area contributed by atoms with Crippen molar-refractivity contribution in [3.8, 4) is 5.75 Å². The van der Waals surface area contributed by atoms with Crippen LogP contribution in [0.2, 0.25) is 0 Å². The standard InChI is InChI=1S/C24H23N3O7S/c1-2-34-16-8-7-12-5-3-4-6-13(12)17(16)20(28)26-11-15-19-14(9-10-25-15)18(23(30)31)22(35-19)27-21(29)24(32)33/h3-8,15,25H,2,9-11H2,1H3,(H,26,28)(H,27,29)(H,30,31)(H,32,33). The van der Waals surface area contributed by atoms with Crippen molar-refractivity contribution in [2.75, 3.05) is 25.0 Å². The number of carbonyl (C=O) groups is 4. The van der Waals surface area contributed by atoms with Gasteiger partial charge in [-0.3, -0.25) is 9.59 Å². The van der Waals surface area contributed by atoms with E-state index in [1.165, 1.54) is 0 Å². The summed E-state index contributed by atoms with van der Waals surface area (Å²) >= 11 is 0.991. The molecule has 182 valence electrons. The normalized spacial score (nSPS) is 14.7. The minimum absolute atomic E-state index is 0.0392. The summed E-state index contributed by atoms with van der Waals surface area (Å²) in [6.45, 7) is 2.83. The number of thiophene rings is 1. The van der Waals surface area contributed by atoms with E-state index in [2.05, 4.69) is 16.0 Å². The lowest BCUT2D eigenvalue weighted by atomic mass is 9.98. The first kappa shape index (κ1) is 24.2. The molecule has 2 amide bonds. The number of hydrogen-bond donors (Lipinski definition) is 5. The van der Waals surface area contributed by atoms with Gasteiger partial charge in [0.2, 0.25) is 0 Å². The highest BCUT2D eigenvalue weighted by atomic mass is 32.1. The second kappa shape index (κ2) is 10.1. The van der Waals surface area contributed by atoms with Gasteiger partial charge in [0.1, 0.15) is 10.8 Å². The lowest BCUT2D eigenvalue weighted by Crippen LogP contribution is -2.38. The molecule has 1 aliphatic rings. The van der Waals surface area contributed by atoms with Crippen molar-refractivity contribution in [1.29, 1.82) is 0 Å². The highest BCUT2D eigenvalue weighted by Gasteiger charge is 2.32. The zero-order chi connectivity index (χ0) is 25.1. The summed E-state index contributed by atoms with van der Waals surface area (Å²) in [6, 6.07) is 10.7. The molecule has 4 rings (SSSR count). The van der Waals surface area contributed by atoms with Gasteiger partial charge in [0.05, 0.1) is 23.8 Å². The summed E-state index contributed by atoms with van der Waals surface area (Å²) in [5, 5.41) is 28.5. The molecule has 2 aromatic carbocycles. The van der Waals surface area contributed by atoms with Gasteiger partial charge in [-0.05, 0) is 42.3 Å². The van der Waals surface area contributed by atoms with Gasteiger partial charge in [-0.25, -0.2) is 9.59 Å². The Labute approximate surface area is 203 Å². The summed E-state index contributed by atoms with van der Waals surface area (Å²) in [5.41, 5.74) is 0.805. The molecule has 2 heterocycles. The molecule has 10 nitrogen and oxygen atoms in total. The third-order valence-corrected chi connectivity index (χ3v) is 6.90. The number of aromatic carboxylic acids is 1. The molecule has 1 aromatic heterocycles. The Kier molecular flexibility index (Phi) is 6.99. The smallest absolute Gasteiger partial charge is 0.394 e. The molecular formula is C24H23N3O7S. The number of fused-ring (bicyclic) bond motifs is 2. The number of ether oxygens (including phenoxy) is 1. The van der Waals surface area contributed by atoms with E-state index in [-0.39, 0.29) is 23.0 Å². The average molecular weight is 498 g/mol. The average Bonchev–Trinajstić information content (AvgIpc) is 3.21. The first-order chi connectivity index (χ1) is 16.8. The Balaban J connectivity index is 1.62. The van der Waals surface area contributed by atoms with Gasteiger partial charge in [-0.2, -0.15) is 0 Å². The van der Waals surface area contributed by atoms with E-state index in [1.54, 1.807) is 6.07 Å². The molecule has 1 unspecified atom stereocenters. The molecule has 5 N–H and O–H groups in total. The third-order valence-electron chi connectivity index (χ3n) is 5.64. The second-order valence-electron chi connectivity index (χ2n) is 7.77. The van der Waals surface area contributed by atoms with Crippen molar-refractivity contribution in [3.05, 3.63) is 58.0 Å². The molecule has 0 aliphatic carbocycles. The Bertz CT molecular complexity index is 1330. The summed E-state index contributed by atoms with van der Waals surface area (Å²) in [5.74, 6) is -4.17. The highest BCUT2D eigenvalue weighted by Crippen LogP contribution is 2.39. The van der Waals surface area contributed by atoms with Crippen molar-refractivity contribution < 1.29 is 34.1 Å². The number of rotatable bonds is 7. The predicted octanol–water partition coefficient (Wildman–Crippen LogP) is 2.64. The molecule has 11 heteroatoms. The molecule has 0 fully saturated rings. The molecule has 0 spiro atoms. The first-order valence-corrected chi connectivity index (χ1v) is 11.7. The summed E-state index contributed by atoms with van der Waals surface area (Å²) in [6.07, 6.45) is 0.388. The fourth-order valence-corrected chi connectivity index (χ4v) is 5.47. The van der Waals surface area contributed by atoms with Crippen molar-refractivity contribution in [1.82, 2.24) is 10.6 Å². The largest absolute Gasteiger partial charge is 0.493 e. The van der Waals surface area contributed by atoms with Crippen LogP contribution in [0.1, 0.15) is 44.1 Å². The van der Waals surface area contributed by atoms with Crippen LogP contribution in [0.15, 0.2) is 36.4 Å². The Morgan fingerprint density at radius 1 is 1.11 bits per heavy atom. The second-order valence-corrected chi connectivity index (χ2v) is 8.83. The third kappa shape index (κ3) is 4.81. The molecule has 0 saturated heterocycles. The van der Waals surface area contributed by atoms with Gasteiger partial charge in [-0.1, -0.05) is 30.3 Å². The minimum Gasteiger partial charge on any atom is -0.493 e. The van der Waals surface area contributed by atoms with Gasteiger partial charge in [0.25, 0.3) is 5.91 Å². The summed E-state index contributed by atoms with van der Waals surface area (Å²) < 4.78 is 5.69. The van der Waals surface area contributed by atoms with E-state index in [9.17, 15) is 24.3 Å². The monoisotopic (exact) mass is 497 g/mol. The molecule has 0 radical (unpaired) electrons. The zero-order valence-corrected chi connectivity index (χ0v) is 19.5. The van der Waals surface area contributed by atoms with E-state index >= 15 is 0 Å². The Morgan fingerprint density at radius 2 is 1.89 bits per heavy atom. The number of benzene rings is 2. The van der Waals surface area contributed by atoms with Crippen LogP contribution < -0.4 is 20.7 Å². The van der Waals surface area contributed by atoms with Gasteiger partial charge in [0.15, 0.2) is 0 Å². The van der Waals surface area contributed by atoms with E-state index in [1.807, 2.05) is 37.3 Å². The molecule has 1 aliphatic heterocycles. The van der Waals surface area contributed by atoms with Crippen molar-refractivity contribution in [2.45, 2.75) is 19.4 Å². The van der Waals surface area contributed by atoms with Crippen LogP contribution in [0.3, 0.4) is 0 Å². The Hall–Kier alpha value is -3.96. The van der Waals surface area contributed by atoms with Crippen LogP contribution in [0.5, 0.6) is 5.75 Å². The SMILES string of the molecule is CCOc1ccc2ccccc2c1C(=O)NCC1NCCc2c1sc(NC(=O)C(=O)O)c2C(=O)O. The summed E-state index contributed by atoms with van der Waals surface area (Å²) in [7, 11) is 0. The van der Waals surface area contributed by atoms with E-state index in [4.69, 9.17) is 9.84 Å². The molecule has 35 heavy (non-hydrogen) atoms. The number of nitrogens with one attached hydrogen (secondary N) is 3. The zero-order valence-electron chi connectivity index (χ0n) is 18.7. The molecule has 1 atom stereocenters. The maximum absolute atomic E-state index is 13.3. The molecule has 3 aromatic rings.